The van der Waals surface area contributed by atoms with E-state index in [4.69, 9.17) is 4.74 Å². The monoisotopic (exact) mass is 327 g/mol. The quantitative estimate of drug-likeness (QED) is 0.703. The van der Waals surface area contributed by atoms with Crippen LogP contribution in [0, 0.1) is 5.92 Å². The molecular formula is C17H33N3O3. The van der Waals surface area contributed by atoms with Gasteiger partial charge in [0.15, 0.2) is 0 Å². The number of hydrogen-bond donors (Lipinski definition) is 2. The van der Waals surface area contributed by atoms with Gasteiger partial charge in [0.25, 0.3) is 0 Å². The molecule has 0 aromatic rings. The molecule has 0 radical (unpaired) electrons. The van der Waals surface area contributed by atoms with Crippen molar-refractivity contribution >= 4 is 12.0 Å². The van der Waals surface area contributed by atoms with Gasteiger partial charge in [0.2, 0.25) is 5.91 Å². The van der Waals surface area contributed by atoms with Gasteiger partial charge >= 0.3 is 6.09 Å². The van der Waals surface area contributed by atoms with Crippen LogP contribution in [0.1, 0.15) is 54.4 Å². The minimum Gasteiger partial charge on any atom is -0.444 e. The van der Waals surface area contributed by atoms with Crippen molar-refractivity contribution in [3.05, 3.63) is 0 Å². The van der Waals surface area contributed by atoms with E-state index in [-0.39, 0.29) is 23.5 Å². The van der Waals surface area contributed by atoms with Crippen LogP contribution in [0.5, 0.6) is 0 Å². The second-order valence-corrected chi connectivity index (χ2v) is 8.12. The molecule has 0 atom stereocenters. The van der Waals surface area contributed by atoms with E-state index in [9.17, 15) is 9.59 Å². The molecular weight excluding hydrogens is 294 g/mol. The summed E-state index contributed by atoms with van der Waals surface area (Å²) in [5.74, 6) is 0.412. The van der Waals surface area contributed by atoms with Gasteiger partial charge in [0.1, 0.15) is 5.60 Å². The minimum atomic E-state index is -0.499. The number of hydrogen-bond acceptors (Lipinski definition) is 4. The molecule has 0 heterocycles. The van der Waals surface area contributed by atoms with Gasteiger partial charge in [-0.25, -0.2) is 4.79 Å². The highest BCUT2D eigenvalue weighted by Crippen LogP contribution is 2.28. The van der Waals surface area contributed by atoms with Crippen molar-refractivity contribution in [2.75, 3.05) is 26.2 Å². The van der Waals surface area contributed by atoms with E-state index in [2.05, 4.69) is 10.6 Å². The van der Waals surface area contributed by atoms with Gasteiger partial charge in [-0.1, -0.05) is 0 Å². The molecule has 2 amide bonds. The lowest BCUT2D eigenvalue weighted by atomic mass is 10.1. The lowest BCUT2D eigenvalue weighted by Crippen LogP contribution is -2.50. The van der Waals surface area contributed by atoms with E-state index >= 15 is 0 Å². The maximum Gasteiger partial charge on any atom is 0.410 e. The highest BCUT2D eigenvalue weighted by Gasteiger charge is 2.30. The molecule has 0 saturated heterocycles. The average Bonchev–Trinajstić information content (AvgIpc) is 3.17. The molecule has 0 bridgehead atoms. The first kappa shape index (κ1) is 19.7. The van der Waals surface area contributed by atoms with Crippen molar-refractivity contribution < 1.29 is 14.3 Å². The fourth-order valence-electron chi connectivity index (χ4n) is 2.10. The van der Waals surface area contributed by atoms with Crippen LogP contribution in [-0.4, -0.2) is 54.2 Å². The van der Waals surface area contributed by atoms with E-state index in [0.717, 1.165) is 12.8 Å². The van der Waals surface area contributed by atoms with Crippen molar-refractivity contribution in [1.29, 1.82) is 0 Å². The van der Waals surface area contributed by atoms with Gasteiger partial charge in [-0.2, -0.15) is 0 Å². The molecule has 0 aromatic carbocycles. The third kappa shape index (κ3) is 8.21. The molecule has 0 unspecified atom stereocenters. The predicted molar refractivity (Wildman–Crippen MR) is 91.3 cm³/mol. The molecule has 0 aliphatic heterocycles. The molecule has 1 aliphatic rings. The maximum atomic E-state index is 12.3. The molecule has 1 rings (SSSR count). The Morgan fingerprint density at radius 2 is 1.65 bits per heavy atom. The standard InChI is InChI=1S/C17H33N3O3/c1-16(2,3)20(15(22)23-17(4,5)6)12-11-18-9-10-19-14(21)13-7-8-13/h13,18H,7-12H2,1-6H3,(H,19,21). The number of nitrogens with one attached hydrogen (secondary N) is 2. The molecule has 0 spiro atoms. The van der Waals surface area contributed by atoms with Crippen LogP contribution in [0.4, 0.5) is 4.79 Å². The van der Waals surface area contributed by atoms with Gasteiger partial charge in [0.05, 0.1) is 0 Å². The summed E-state index contributed by atoms with van der Waals surface area (Å²) in [6.07, 6.45) is 1.75. The number of ether oxygens (including phenoxy) is 1. The Kier molecular flexibility index (Phi) is 6.86. The number of amides is 2. The zero-order valence-corrected chi connectivity index (χ0v) is 15.5. The highest BCUT2D eigenvalue weighted by atomic mass is 16.6. The van der Waals surface area contributed by atoms with Gasteiger partial charge in [-0.3, -0.25) is 4.79 Å². The van der Waals surface area contributed by atoms with Crippen molar-refractivity contribution in [2.24, 2.45) is 5.92 Å². The van der Waals surface area contributed by atoms with E-state index in [1.807, 2.05) is 41.5 Å². The van der Waals surface area contributed by atoms with Crippen LogP contribution in [0.25, 0.3) is 0 Å². The highest BCUT2D eigenvalue weighted by molar-refractivity contribution is 5.80. The van der Waals surface area contributed by atoms with Crippen LogP contribution in [0.3, 0.4) is 0 Å². The Labute approximate surface area is 140 Å². The van der Waals surface area contributed by atoms with Crippen LogP contribution in [-0.2, 0) is 9.53 Å². The zero-order valence-electron chi connectivity index (χ0n) is 15.5. The summed E-state index contributed by atoms with van der Waals surface area (Å²) in [7, 11) is 0. The van der Waals surface area contributed by atoms with Crippen molar-refractivity contribution in [2.45, 2.75) is 65.5 Å². The lowest BCUT2D eigenvalue weighted by molar-refractivity contribution is -0.122. The molecule has 2 N–H and O–H groups in total. The molecule has 6 nitrogen and oxygen atoms in total. The van der Waals surface area contributed by atoms with E-state index in [0.29, 0.717) is 26.2 Å². The van der Waals surface area contributed by atoms with E-state index in [1.165, 1.54) is 0 Å². The maximum absolute atomic E-state index is 12.3. The van der Waals surface area contributed by atoms with Crippen LogP contribution >= 0.6 is 0 Å². The van der Waals surface area contributed by atoms with Gasteiger partial charge in [-0.15, -0.1) is 0 Å². The first-order valence-electron chi connectivity index (χ1n) is 8.50. The SMILES string of the molecule is CC(C)(C)OC(=O)N(CCNCCNC(=O)C1CC1)C(C)(C)C. The van der Waals surface area contributed by atoms with E-state index in [1.54, 1.807) is 4.90 Å². The fraction of sp³-hybridized carbons (Fsp3) is 0.882. The number of carbonyl (C=O) groups excluding carboxylic acids is 2. The predicted octanol–water partition coefficient (Wildman–Crippen LogP) is 2.14. The minimum absolute atomic E-state index is 0.164. The van der Waals surface area contributed by atoms with Crippen LogP contribution < -0.4 is 10.6 Å². The first-order chi connectivity index (χ1) is 10.5. The number of nitrogens with zero attached hydrogens (tertiary/aromatic N) is 1. The smallest absolute Gasteiger partial charge is 0.410 e. The summed E-state index contributed by atoms with van der Waals surface area (Å²) in [6, 6.07) is 0. The summed E-state index contributed by atoms with van der Waals surface area (Å²) in [5, 5.41) is 6.17. The molecule has 6 heteroatoms. The van der Waals surface area contributed by atoms with Gasteiger partial charge < -0.3 is 20.3 Å². The van der Waals surface area contributed by atoms with Crippen molar-refractivity contribution in [3.63, 3.8) is 0 Å². The molecule has 1 fully saturated rings. The largest absolute Gasteiger partial charge is 0.444 e. The topological polar surface area (TPSA) is 70.7 Å². The lowest BCUT2D eigenvalue weighted by Gasteiger charge is -2.36. The van der Waals surface area contributed by atoms with Crippen molar-refractivity contribution in [3.8, 4) is 0 Å². The summed E-state index contributed by atoms with van der Waals surface area (Å²) in [5.41, 5.74) is -0.800. The first-order valence-corrected chi connectivity index (χ1v) is 8.50. The third-order valence-electron chi connectivity index (χ3n) is 3.48. The Hall–Kier alpha value is -1.30. The number of carbonyl (C=O) groups is 2. The molecule has 134 valence electrons. The summed E-state index contributed by atoms with van der Waals surface area (Å²) >= 11 is 0. The summed E-state index contributed by atoms with van der Waals surface area (Å²) in [4.78, 5) is 25.5. The normalized spacial score (nSPS) is 15.2. The van der Waals surface area contributed by atoms with E-state index < -0.39 is 5.60 Å². The molecule has 0 aromatic heterocycles. The summed E-state index contributed by atoms with van der Waals surface area (Å²) < 4.78 is 5.47. The average molecular weight is 327 g/mol. The third-order valence-corrected chi connectivity index (χ3v) is 3.48. The Morgan fingerprint density at radius 3 is 2.13 bits per heavy atom. The molecule has 1 saturated carbocycles. The zero-order chi connectivity index (χ0) is 17.7. The Bertz CT molecular complexity index is 406. The Balaban J connectivity index is 2.28. The van der Waals surface area contributed by atoms with Gasteiger partial charge in [0, 0.05) is 37.6 Å². The van der Waals surface area contributed by atoms with Crippen LogP contribution in [0.2, 0.25) is 0 Å². The second-order valence-electron chi connectivity index (χ2n) is 8.12. The second kappa shape index (κ2) is 7.99. The molecule has 23 heavy (non-hydrogen) atoms. The van der Waals surface area contributed by atoms with Crippen molar-refractivity contribution in [1.82, 2.24) is 15.5 Å². The Morgan fingerprint density at radius 1 is 1.04 bits per heavy atom. The van der Waals surface area contributed by atoms with Crippen LogP contribution in [0.15, 0.2) is 0 Å². The summed E-state index contributed by atoms with van der Waals surface area (Å²) in [6.45, 7) is 14.1. The molecule has 1 aliphatic carbocycles. The fourth-order valence-corrected chi connectivity index (χ4v) is 2.10. The van der Waals surface area contributed by atoms with Gasteiger partial charge in [-0.05, 0) is 54.4 Å². The number of rotatable bonds is 7.